The van der Waals surface area contributed by atoms with Gasteiger partial charge in [-0.15, -0.1) is 0 Å². The molecule has 0 aliphatic rings. The Hall–Kier alpha value is -2.46. The standard InChI is InChI=1S/C15H10ClN3O/c16-13-5-7-18-9-12(13)15(20)19-14-3-1-2-10-8-17-6-4-11(10)14/h1-9H,(H,19,20). The third kappa shape index (κ3) is 2.33. The van der Waals surface area contributed by atoms with Crippen LogP contribution in [-0.4, -0.2) is 15.9 Å². The summed E-state index contributed by atoms with van der Waals surface area (Å²) in [5.41, 5.74) is 1.06. The molecule has 2 heterocycles. The topological polar surface area (TPSA) is 54.9 Å². The maximum Gasteiger partial charge on any atom is 0.258 e. The molecular formula is C15H10ClN3O. The maximum atomic E-state index is 12.2. The summed E-state index contributed by atoms with van der Waals surface area (Å²) in [4.78, 5) is 20.2. The van der Waals surface area contributed by atoms with Crippen LogP contribution in [0.4, 0.5) is 5.69 Å². The van der Waals surface area contributed by atoms with Gasteiger partial charge in [-0.25, -0.2) is 0 Å². The van der Waals surface area contributed by atoms with Gasteiger partial charge >= 0.3 is 0 Å². The summed E-state index contributed by atoms with van der Waals surface area (Å²) in [5.74, 6) is -0.285. The van der Waals surface area contributed by atoms with Crippen molar-refractivity contribution in [2.45, 2.75) is 0 Å². The van der Waals surface area contributed by atoms with Crippen molar-refractivity contribution in [3.63, 3.8) is 0 Å². The lowest BCUT2D eigenvalue weighted by molar-refractivity contribution is 0.102. The van der Waals surface area contributed by atoms with Crippen molar-refractivity contribution in [1.29, 1.82) is 0 Å². The molecule has 5 heteroatoms. The summed E-state index contributed by atoms with van der Waals surface area (Å²) in [6.45, 7) is 0. The summed E-state index contributed by atoms with van der Waals surface area (Å²) < 4.78 is 0. The molecular weight excluding hydrogens is 274 g/mol. The van der Waals surface area contributed by atoms with E-state index in [2.05, 4.69) is 15.3 Å². The number of nitrogens with one attached hydrogen (secondary N) is 1. The third-order valence-electron chi connectivity index (χ3n) is 2.94. The molecule has 1 amide bonds. The SMILES string of the molecule is O=C(Nc1cccc2cnccc12)c1cnccc1Cl. The monoisotopic (exact) mass is 283 g/mol. The van der Waals surface area contributed by atoms with E-state index in [-0.39, 0.29) is 5.91 Å². The van der Waals surface area contributed by atoms with Crippen LogP contribution in [0.1, 0.15) is 10.4 Å². The zero-order valence-electron chi connectivity index (χ0n) is 10.4. The van der Waals surface area contributed by atoms with Gasteiger partial charge in [0, 0.05) is 41.2 Å². The largest absolute Gasteiger partial charge is 0.321 e. The van der Waals surface area contributed by atoms with E-state index in [1.54, 1.807) is 24.7 Å². The number of aromatic nitrogens is 2. The highest BCUT2D eigenvalue weighted by molar-refractivity contribution is 6.34. The molecule has 20 heavy (non-hydrogen) atoms. The Balaban J connectivity index is 1.98. The van der Waals surface area contributed by atoms with Crippen molar-refractivity contribution in [3.8, 4) is 0 Å². The van der Waals surface area contributed by atoms with Gasteiger partial charge in [-0.05, 0) is 18.2 Å². The van der Waals surface area contributed by atoms with Gasteiger partial charge < -0.3 is 5.32 Å². The number of nitrogens with zero attached hydrogens (tertiary/aromatic N) is 2. The van der Waals surface area contributed by atoms with Gasteiger partial charge in [0.25, 0.3) is 5.91 Å². The Labute approximate surface area is 120 Å². The van der Waals surface area contributed by atoms with Gasteiger partial charge in [-0.2, -0.15) is 0 Å². The zero-order chi connectivity index (χ0) is 13.9. The minimum atomic E-state index is -0.285. The lowest BCUT2D eigenvalue weighted by atomic mass is 10.1. The average molecular weight is 284 g/mol. The molecule has 0 bridgehead atoms. The van der Waals surface area contributed by atoms with Crippen molar-refractivity contribution in [2.75, 3.05) is 5.32 Å². The molecule has 98 valence electrons. The molecule has 0 aliphatic carbocycles. The van der Waals surface area contributed by atoms with E-state index in [4.69, 9.17) is 11.6 Å². The molecule has 0 atom stereocenters. The summed E-state index contributed by atoms with van der Waals surface area (Å²) in [6.07, 6.45) is 6.43. The molecule has 1 aromatic carbocycles. The second-order valence-corrected chi connectivity index (χ2v) is 4.62. The van der Waals surface area contributed by atoms with Gasteiger partial charge in [-0.1, -0.05) is 23.7 Å². The maximum absolute atomic E-state index is 12.2. The number of halogens is 1. The first kappa shape index (κ1) is 12.6. The van der Waals surface area contributed by atoms with Gasteiger partial charge in [0.1, 0.15) is 0 Å². The van der Waals surface area contributed by atoms with Crippen LogP contribution in [0.15, 0.2) is 55.1 Å². The summed E-state index contributed by atoms with van der Waals surface area (Å²) in [5, 5.41) is 5.11. The third-order valence-corrected chi connectivity index (χ3v) is 3.27. The molecule has 1 N–H and O–H groups in total. The van der Waals surface area contributed by atoms with Crippen LogP contribution >= 0.6 is 11.6 Å². The molecule has 3 aromatic rings. The molecule has 4 nitrogen and oxygen atoms in total. The Bertz CT molecular complexity index is 783. The zero-order valence-corrected chi connectivity index (χ0v) is 11.1. The number of hydrogen-bond donors (Lipinski definition) is 1. The summed E-state index contributed by atoms with van der Waals surface area (Å²) in [6, 6.07) is 9.09. The summed E-state index contributed by atoms with van der Waals surface area (Å²) in [7, 11) is 0. The van der Waals surface area contributed by atoms with Gasteiger partial charge in [0.15, 0.2) is 0 Å². The first-order valence-corrected chi connectivity index (χ1v) is 6.37. The highest BCUT2D eigenvalue weighted by Crippen LogP contribution is 2.23. The number of anilines is 1. The Morgan fingerprint density at radius 3 is 2.70 bits per heavy atom. The second kappa shape index (κ2) is 5.27. The summed E-state index contributed by atoms with van der Waals surface area (Å²) >= 11 is 5.99. The normalized spacial score (nSPS) is 10.4. The highest BCUT2D eigenvalue weighted by Gasteiger charge is 2.11. The van der Waals surface area contributed by atoms with E-state index in [9.17, 15) is 4.79 Å². The lowest BCUT2D eigenvalue weighted by Crippen LogP contribution is -2.13. The van der Waals surface area contributed by atoms with E-state index >= 15 is 0 Å². The second-order valence-electron chi connectivity index (χ2n) is 4.21. The first-order chi connectivity index (χ1) is 9.75. The molecule has 0 radical (unpaired) electrons. The van der Waals surface area contributed by atoms with E-state index < -0.39 is 0 Å². The quantitative estimate of drug-likeness (QED) is 0.783. The van der Waals surface area contributed by atoms with Crippen molar-refractivity contribution in [3.05, 3.63) is 65.7 Å². The number of fused-ring (bicyclic) bond motifs is 1. The fourth-order valence-corrected chi connectivity index (χ4v) is 2.16. The van der Waals surface area contributed by atoms with Crippen molar-refractivity contribution < 1.29 is 4.79 Å². The van der Waals surface area contributed by atoms with Gasteiger partial charge in [0.2, 0.25) is 0 Å². The predicted octanol–water partition coefficient (Wildman–Crippen LogP) is 3.54. The Morgan fingerprint density at radius 1 is 1.05 bits per heavy atom. The number of rotatable bonds is 2. The number of amides is 1. The minimum Gasteiger partial charge on any atom is -0.321 e. The number of benzene rings is 1. The van der Waals surface area contributed by atoms with Crippen LogP contribution in [0.2, 0.25) is 5.02 Å². The molecule has 0 fully saturated rings. The van der Waals surface area contributed by atoms with Gasteiger partial charge in [-0.3, -0.25) is 14.8 Å². The molecule has 0 saturated heterocycles. The van der Waals surface area contributed by atoms with Crippen LogP contribution in [0.5, 0.6) is 0 Å². The smallest absolute Gasteiger partial charge is 0.258 e. The van der Waals surface area contributed by atoms with Crippen molar-refractivity contribution in [2.24, 2.45) is 0 Å². The van der Waals surface area contributed by atoms with Crippen LogP contribution in [0.3, 0.4) is 0 Å². The average Bonchev–Trinajstić information content (AvgIpc) is 2.48. The van der Waals surface area contributed by atoms with Crippen LogP contribution in [0, 0.1) is 0 Å². The molecule has 0 aliphatic heterocycles. The first-order valence-electron chi connectivity index (χ1n) is 5.99. The van der Waals surface area contributed by atoms with Crippen LogP contribution in [-0.2, 0) is 0 Å². The molecule has 0 saturated carbocycles. The number of carbonyl (C=O) groups excluding carboxylic acids is 1. The van der Waals surface area contributed by atoms with Crippen molar-refractivity contribution in [1.82, 2.24) is 9.97 Å². The van der Waals surface area contributed by atoms with Crippen molar-refractivity contribution >= 4 is 34.0 Å². The number of hydrogen-bond acceptors (Lipinski definition) is 3. The predicted molar refractivity (Wildman–Crippen MR) is 78.9 cm³/mol. The highest BCUT2D eigenvalue weighted by atomic mass is 35.5. The molecule has 2 aromatic heterocycles. The van der Waals surface area contributed by atoms with E-state index in [0.29, 0.717) is 10.6 Å². The molecule has 3 rings (SSSR count). The molecule has 0 spiro atoms. The lowest BCUT2D eigenvalue weighted by Gasteiger charge is -2.09. The fraction of sp³-hybridized carbons (Fsp3) is 0. The minimum absolute atomic E-state index is 0.285. The van der Waals surface area contributed by atoms with Crippen LogP contribution in [0.25, 0.3) is 10.8 Å². The fourth-order valence-electron chi connectivity index (χ4n) is 1.97. The van der Waals surface area contributed by atoms with E-state index in [1.165, 1.54) is 6.20 Å². The van der Waals surface area contributed by atoms with Crippen LogP contribution < -0.4 is 5.32 Å². The van der Waals surface area contributed by atoms with Gasteiger partial charge in [0.05, 0.1) is 10.6 Å². The Kier molecular flexibility index (Phi) is 3.31. The van der Waals surface area contributed by atoms with E-state index in [0.717, 1.165) is 16.5 Å². The number of pyridine rings is 2. The van der Waals surface area contributed by atoms with E-state index in [1.807, 2.05) is 24.3 Å². The molecule has 0 unspecified atom stereocenters. The Morgan fingerprint density at radius 2 is 1.85 bits per heavy atom. The number of carbonyl (C=O) groups is 1.